The van der Waals surface area contributed by atoms with E-state index in [4.69, 9.17) is 19.3 Å². The van der Waals surface area contributed by atoms with Crippen molar-refractivity contribution in [2.75, 3.05) is 14.2 Å². The standard InChI is InChI=1S/C16H14O7/c1-21-11-3-4-13(14(8-11)22-2)16(20)23-12-6-9(15(18)19)5-10(17)7-12/h3-8,17H,1-2H3,(H,18,19). The minimum Gasteiger partial charge on any atom is -0.508 e. The molecule has 2 aromatic rings. The number of carbonyl (C=O) groups is 2. The number of aromatic hydroxyl groups is 1. The molecule has 0 saturated heterocycles. The predicted octanol–water partition coefficient (Wildman–Crippen LogP) is 2.33. The Morgan fingerprint density at radius 3 is 2.30 bits per heavy atom. The summed E-state index contributed by atoms with van der Waals surface area (Å²) in [5, 5.41) is 18.4. The van der Waals surface area contributed by atoms with E-state index in [1.165, 1.54) is 26.4 Å². The fourth-order valence-corrected chi connectivity index (χ4v) is 1.89. The molecule has 0 amide bonds. The summed E-state index contributed by atoms with van der Waals surface area (Å²) in [7, 11) is 2.87. The summed E-state index contributed by atoms with van der Waals surface area (Å²) >= 11 is 0. The maximum absolute atomic E-state index is 12.2. The lowest BCUT2D eigenvalue weighted by atomic mass is 10.2. The minimum absolute atomic E-state index is 0.0923. The molecule has 0 fully saturated rings. The van der Waals surface area contributed by atoms with Crippen molar-refractivity contribution < 1.29 is 34.0 Å². The molecule has 120 valence electrons. The Kier molecular flexibility index (Phi) is 4.70. The van der Waals surface area contributed by atoms with Gasteiger partial charge in [0.2, 0.25) is 0 Å². The van der Waals surface area contributed by atoms with Gasteiger partial charge in [0, 0.05) is 12.1 Å². The Morgan fingerprint density at radius 1 is 0.957 bits per heavy atom. The SMILES string of the molecule is COc1ccc(C(=O)Oc2cc(O)cc(C(=O)O)c2)c(OC)c1. The zero-order valence-corrected chi connectivity index (χ0v) is 12.4. The molecule has 0 spiro atoms. The van der Waals surface area contributed by atoms with Crippen LogP contribution in [-0.2, 0) is 0 Å². The highest BCUT2D eigenvalue weighted by Crippen LogP contribution is 2.27. The highest BCUT2D eigenvalue weighted by atomic mass is 16.5. The number of hydrogen-bond acceptors (Lipinski definition) is 6. The smallest absolute Gasteiger partial charge is 0.347 e. The predicted molar refractivity (Wildman–Crippen MR) is 79.6 cm³/mol. The van der Waals surface area contributed by atoms with Crippen LogP contribution >= 0.6 is 0 Å². The van der Waals surface area contributed by atoms with Gasteiger partial charge in [-0.05, 0) is 24.3 Å². The van der Waals surface area contributed by atoms with Crippen LogP contribution < -0.4 is 14.2 Å². The fourth-order valence-electron chi connectivity index (χ4n) is 1.89. The molecule has 0 aliphatic heterocycles. The molecular formula is C16H14O7. The van der Waals surface area contributed by atoms with Gasteiger partial charge in [0.25, 0.3) is 0 Å². The lowest BCUT2D eigenvalue weighted by Crippen LogP contribution is -2.11. The molecule has 0 aromatic heterocycles. The van der Waals surface area contributed by atoms with Gasteiger partial charge in [0.15, 0.2) is 0 Å². The number of ether oxygens (including phenoxy) is 3. The molecule has 0 bridgehead atoms. The molecule has 0 heterocycles. The van der Waals surface area contributed by atoms with Crippen LogP contribution in [0.3, 0.4) is 0 Å². The number of phenols is 1. The molecule has 0 aliphatic carbocycles. The monoisotopic (exact) mass is 318 g/mol. The van der Waals surface area contributed by atoms with E-state index in [1.807, 2.05) is 0 Å². The van der Waals surface area contributed by atoms with E-state index in [1.54, 1.807) is 6.07 Å². The molecule has 7 nitrogen and oxygen atoms in total. The Hall–Kier alpha value is -3.22. The number of benzene rings is 2. The highest BCUT2D eigenvalue weighted by molar-refractivity contribution is 5.95. The first-order valence-corrected chi connectivity index (χ1v) is 6.46. The van der Waals surface area contributed by atoms with Crippen LogP contribution in [0.5, 0.6) is 23.0 Å². The van der Waals surface area contributed by atoms with Crippen molar-refractivity contribution in [3.63, 3.8) is 0 Å². The second kappa shape index (κ2) is 6.69. The zero-order chi connectivity index (χ0) is 17.0. The van der Waals surface area contributed by atoms with E-state index < -0.39 is 11.9 Å². The summed E-state index contributed by atoms with van der Waals surface area (Å²) in [5.74, 6) is -1.68. The molecule has 0 radical (unpaired) electrons. The molecule has 2 aromatic carbocycles. The van der Waals surface area contributed by atoms with Gasteiger partial charge >= 0.3 is 11.9 Å². The number of aromatic carboxylic acids is 1. The third-order valence-electron chi connectivity index (χ3n) is 2.98. The number of carboxylic acid groups (broad SMARTS) is 1. The molecular weight excluding hydrogens is 304 g/mol. The molecule has 7 heteroatoms. The number of phenolic OH excluding ortho intramolecular Hbond substituents is 1. The van der Waals surface area contributed by atoms with Crippen molar-refractivity contribution in [3.8, 4) is 23.0 Å². The maximum atomic E-state index is 12.2. The molecule has 2 rings (SSSR count). The summed E-state index contributed by atoms with van der Waals surface area (Å²) < 4.78 is 15.3. The Bertz CT molecular complexity index is 752. The number of hydrogen-bond donors (Lipinski definition) is 2. The molecule has 0 atom stereocenters. The van der Waals surface area contributed by atoms with Gasteiger partial charge in [-0.1, -0.05) is 0 Å². The first-order chi connectivity index (χ1) is 10.9. The van der Waals surface area contributed by atoms with Crippen LogP contribution in [-0.4, -0.2) is 36.4 Å². The van der Waals surface area contributed by atoms with E-state index in [2.05, 4.69) is 0 Å². The Labute approximate surface area is 131 Å². The molecule has 2 N–H and O–H groups in total. The Balaban J connectivity index is 2.31. The summed E-state index contributed by atoms with van der Waals surface area (Å²) in [5.41, 5.74) is -0.0667. The molecule has 23 heavy (non-hydrogen) atoms. The highest BCUT2D eigenvalue weighted by Gasteiger charge is 2.17. The lowest BCUT2D eigenvalue weighted by molar-refractivity contribution is 0.0686. The van der Waals surface area contributed by atoms with Gasteiger partial charge in [-0.3, -0.25) is 0 Å². The van der Waals surface area contributed by atoms with Gasteiger partial charge in [0.05, 0.1) is 19.8 Å². The van der Waals surface area contributed by atoms with E-state index in [0.29, 0.717) is 5.75 Å². The van der Waals surface area contributed by atoms with Crippen molar-refractivity contribution in [3.05, 3.63) is 47.5 Å². The molecule has 0 saturated carbocycles. The summed E-state index contributed by atoms with van der Waals surface area (Å²) in [4.78, 5) is 23.2. The van der Waals surface area contributed by atoms with E-state index in [0.717, 1.165) is 18.2 Å². The molecule has 0 aliphatic rings. The third kappa shape index (κ3) is 3.70. The van der Waals surface area contributed by atoms with E-state index in [9.17, 15) is 14.7 Å². The summed E-state index contributed by atoms with van der Waals surface area (Å²) in [6, 6.07) is 7.86. The van der Waals surface area contributed by atoms with Crippen LogP contribution in [0.2, 0.25) is 0 Å². The first kappa shape index (κ1) is 16.2. The maximum Gasteiger partial charge on any atom is 0.347 e. The van der Waals surface area contributed by atoms with Crippen LogP contribution in [0.1, 0.15) is 20.7 Å². The number of esters is 1. The van der Waals surface area contributed by atoms with Crippen molar-refractivity contribution in [2.45, 2.75) is 0 Å². The van der Waals surface area contributed by atoms with Crippen molar-refractivity contribution >= 4 is 11.9 Å². The first-order valence-electron chi connectivity index (χ1n) is 6.46. The second-order valence-electron chi connectivity index (χ2n) is 4.48. The van der Waals surface area contributed by atoms with E-state index in [-0.39, 0.29) is 28.4 Å². The average molecular weight is 318 g/mol. The topological polar surface area (TPSA) is 102 Å². The van der Waals surface area contributed by atoms with Crippen LogP contribution in [0, 0.1) is 0 Å². The largest absolute Gasteiger partial charge is 0.508 e. The Morgan fingerprint density at radius 2 is 1.70 bits per heavy atom. The van der Waals surface area contributed by atoms with Gasteiger partial charge in [-0.15, -0.1) is 0 Å². The quantitative estimate of drug-likeness (QED) is 0.644. The number of carboxylic acids is 1. The lowest BCUT2D eigenvalue weighted by Gasteiger charge is -2.10. The van der Waals surface area contributed by atoms with Gasteiger partial charge < -0.3 is 24.4 Å². The van der Waals surface area contributed by atoms with Crippen LogP contribution in [0.25, 0.3) is 0 Å². The van der Waals surface area contributed by atoms with Crippen molar-refractivity contribution in [1.82, 2.24) is 0 Å². The van der Waals surface area contributed by atoms with Gasteiger partial charge in [0.1, 0.15) is 28.6 Å². The van der Waals surface area contributed by atoms with Gasteiger partial charge in [-0.25, -0.2) is 9.59 Å². The average Bonchev–Trinajstić information content (AvgIpc) is 2.53. The number of methoxy groups -OCH3 is 2. The second-order valence-corrected chi connectivity index (χ2v) is 4.48. The molecule has 0 unspecified atom stereocenters. The van der Waals surface area contributed by atoms with Crippen LogP contribution in [0.15, 0.2) is 36.4 Å². The summed E-state index contributed by atoms with van der Waals surface area (Å²) in [6.45, 7) is 0. The minimum atomic E-state index is -1.25. The van der Waals surface area contributed by atoms with E-state index >= 15 is 0 Å². The normalized spacial score (nSPS) is 10.0. The van der Waals surface area contributed by atoms with Crippen LogP contribution in [0.4, 0.5) is 0 Å². The third-order valence-corrected chi connectivity index (χ3v) is 2.98. The number of carbonyl (C=O) groups excluding carboxylic acids is 1. The van der Waals surface area contributed by atoms with Gasteiger partial charge in [-0.2, -0.15) is 0 Å². The fraction of sp³-hybridized carbons (Fsp3) is 0.125. The van der Waals surface area contributed by atoms with Crippen molar-refractivity contribution in [2.24, 2.45) is 0 Å². The van der Waals surface area contributed by atoms with Crippen molar-refractivity contribution in [1.29, 1.82) is 0 Å². The zero-order valence-electron chi connectivity index (χ0n) is 12.4. The summed E-state index contributed by atoms with van der Waals surface area (Å²) in [6.07, 6.45) is 0. The number of rotatable bonds is 5.